The third-order valence-electron chi connectivity index (χ3n) is 3.42. The third kappa shape index (κ3) is 3.75. The summed E-state index contributed by atoms with van der Waals surface area (Å²) in [4.78, 5) is 12.2. The smallest absolute Gasteiger partial charge is 0.303 e. The van der Waals surface area contributed by atoms with Gasteiger partial charge in [0.05, 0.1) is 11.0 Å². The summed E-state index contributed by atoms with van der Waals surface area (Å²) in [5, 5.41) is 10.1. The summed E-state index contributed by atoms with van der Waals surface area (Å²) in [5.74, 6) is -1.21. The standard InChI is InChI=1S/C15H10BrClF3N5O/c16-9-7-24(6-8-10(17)2-1-3-11(8)18)23-13(9)22-14(26)12-4-5-21-25(12)15(19)20/h1-5,7,15H,6H2,(H,22,23,26). The van der Waals surface area contributed by atoms with Gasteiger partial charge in [0, 0.05) is 23.0 Å². The average Bonchev–Trinajstić information content (AvgIpc) is 3.18. The number of hydrogen-bond donors (Lipinski definition) is 1. The number of nitrogens with one attached hydrogen (secondary N) is 1. The minimum Gasteiger partial charge on any atom is -0.303 e. The van der Waals surface area contributed by atoms with Crippen molar-refractivity contribution in [2.45, 2.75) is 13.1 Å². The van der Waals surface area contributed by atoms with E-state index in [0.717, 1.165) is 12.3 Å². The van der Waals surface area contributed by atoms with E-state index in [0.29, 0.717) is 9.15 Å². The van der Waals surface area contributed by atoms with Crippen molar-refractivity contribution < 1.29 is 18.0 Å². The first-order valence-corrected chi connectivity index (χ1v) is 8.32. The Balaban J connectivity index is 1.80. The van der Waals surface area contributed by atoms with Crippen molar-refractivity contribution in [2.75, 3.05) is 5.32 Å². The summed E-state index contributed by atoms with van der Waals surface area (Å²) in [6.45, 7) is -2.93. The largest absolute Gasteiger partial charge is 0.333 e. The maximum absolute atomic E-state index is 13.9. The van der Waals surface area contributed by atoms with Gasteiger partial charge in [-0.05, 0) is 34.1 Å². The van der Waals surface area contributed by atoms with Crippen LogP contribution < -0.4 is 5.32 Å². The van der Waals surface area contributed by atoms with Crippen LogP contribution in [0, 0.1) is 5.82 Å². The van der Waals surface area contributed by atoms with Gasteiger partial charge in [-0.3, -0.25) is 9.48 Å². The minimum absolute atomic E-state index is 0.0228. The van der Waals surface area contributed by atoms with Gasteiger partial charge in [0.1, 0.15) is 11.5 Å². The third-order valence-corrected chi connectivity index (χ3v) is 4.35. The van der Waals surface area contributed by atoms with Crippen LogP contribution in [0.25, 0.3) is 0 Å². The summed E-state index contributed by atoms with van der Waals surface area (Å²) in [6, 6.07) is 5.46. The van der Waals surface area contributed by atoms with Crippen molar-refractivity contribution >= 4 is 39.3 Å². The number of anilines is 1. The normalized spacial score (nSPS) is 11.2. The van der Waals surface area contributed by atoms with Gasteiger partial charge in [-0.25, -0.2) is 4.39 Å². The van der Waals surface area contributed by atoms with Crippen LogP contribution in [-0.2, 0) is 6.54 Å². The monoisotopic (exact) mass is 447 g/mol. The Morgan fingerprint density at radius 3 is 2.81 bits per heavy atom. The summed E-state index contributed by atoms with van der Waals surface area (Å²) in [6.07, 6.45) is 2.59. The highest BCUT2D eigenvalue weighted by Crippen LogP contribution is 2.24. The second-order valence-electron chi connectivity index (χ2n) is 5.12. The van der Waals surface area contributed by atoms with Crippen LogP contribution in [0.15, 0.2) is 41.1 Å². The summed E-state index contributed by atoms with van der Waals surface area (Å²) >= 11 is 9.19. The molecule has 2 heterocycles. The number of carbonyl (C=O) groups excluding carboxylic acids is 1. The van der Waals surface area contributed by atoms with Gasteiger partial charge in [0.25, 0.3) is 5.91 Å². The van der Waals surface area contributed by atoms with Gasteiger partial charge in [-0.1, -0.05) is 17.7 Å². The molecule has 26 heavy (non-hydrogen) atoms. The minimum atomic E-state index is -2.95. The van der Waals surface area contributed by atoms with E-state index in [9.17, 15) is 18.0 Å². The molecule has 1 amide bonds. The van der Waals surface area contributed by atoms with Crippen LogP contribution in [0.3, 0.4) is 0 Å². The number of alkyl halides is 2. The lowest BCUT2D eigenvalue weighted by Crippen LogP contribution is -2.19. The summed E-state index contributed by atoms with van der Waals surface area (Å²) in [5.41, 5.74) is -0.0866. The summed E-state index contributed by atoms with van der Waals surface area (Å²) in [7, 11) is 0. The first kappa shape index (κ1) is 18.5. The summed E-state index contributed by atoms with van der Waals surface area (Å²) < 4.78 is 41.5. The lowest BCUT2D eigenvalue weighted by atomic mass is 10.2. The lowest BCUT2D eigenvalue weighted by Gasteiger charge is -2.07. The van der Waals surface area contributed by atoms with Crippen molar-refractivity contribution in [3.63, 3.8) is 0 Å². The molecule has 6 nitrogen and oxygen atoms in total. The van der Waals surface area contributed by atoms with Gasteiger partial charge in [-0.2, -0.15) is 23.7 Å². The molecule has 3 aromatic rings. The molecule has 136 valence electrons. The van der Waals surface area contributed by atoms with Crippen molar-refractivity contribution in [2.24, 2.45) is 0 Å². The van der Waals surface area contributed by atoms with E-state index in [-0.39, 0.29) is 28.6 Å². The zero-order chi connectivity index (χ0) is 18.8. The average molecular weight is 449 g/mol. The molecule has 0 bridgehead atoms. The quantitative estimate of drug-likeness (QED) is 0.632. The molecule has 0 saturated heterocycles. The fourth-order valence-corrected chi connectivity index (χ4v) is 2.87. The number of amides is 1. The van der Waals surface area contributed by atoms with Crippen LogP contribution in [-0.4, -0.2) is 25.5 Å². The first-order valence-electron chi connectivity index (χ1n) is 7.15. The number of benzene rings is 1. The molecule has 3 rings (SSSR count). The molecule has 1 N–H and O–H groups in total. The Labute approximate surface area is 158 Å². The van der Waals surface area contributed by atoms with Crippen LogP contribution in [0.4, 0.5) is 19.0 Å². The maximum Gasteiger partial charge on any atom is 0.333 e. The van der Waals surface area contributed by atoms with Crippen LogP contribution in [0.5, 0.6) is 0 Å². The zero-order valence-corrected chi connectivity index (χ0v) is 15.2. The molecule has 11 heteroatoms. The molecule has 0 fully saturated rings. The Bertz CT molecular complexity index is 938. The molecule has 0 aliphatic heterocycles. The maximum atomic E-state index is 13.9. The van der Waals surface area contributed by atoms with Gasteiger partial charge in [0.15, 0.2) is 5.82 Å². The topological polar surface area (TPSA) is 64.7 Å². The van der Waals surface area contributed by atoms with E-state index in [1.807, 2.05) is 0 Å². The van der Waals surface area contributed by atoms with E-state index >= 15 is 0 Å². The van der Waals surface area contributed by atoms with Gasteiger partial charge < -0.3 is 5.32 Å². The SMILES string of the molecule is O=C(Nc1nn(Cc2c(F)cccc2Cl)cc1Br)c1ccnn1C(F)F. The molecular formula is C15H10BrClF3N5O. The molecule has 0 spiro atoms. The molecule has 2 aromatic heterocycles. The predicted octanol–water partition coefficient (Wildman–Crippen LogP) is 4.33. The molecule has 0 atom stereocenters. The van der Waals surface area contributed by atoms with E-state index < -0.39 is 18.3 Å². The highest BCUT2D eigenvalue weighted by atomic mass is 79.9. The Morgan fingerprint density at radius 2 is 2.12 bits per heavy atom. The van der Waals surface area contributed by atoms with Crippen molar-refractivity contribution in [1.29, 1.82) is 0 Å². The number of halogens is 5. The van der Waals surface area contributed by atoms with E-state index in [1.165, 1.54) is 23.0 Å². The fraction of sp³-hybridized carbons (Fsp3) is 0.133. The number of aromatic nitrogens is 4. The second-order valence-corrected chi connectivity index (χ2v) is 6.38. The van der Waals surface area contributed by atoms with Gasteiger partial charge in [0.2, 0.25) is 0 Å². The van der Waals surface area contributed by atoms with Crippen molar-refractivity contribution in [3.05, 3.63) is 63.2 Å². The van der Waals surface area contributed by atoms with Crippen molar-refractivity contribution in [1.82, 2.24) is 19.6 Å². The first-order chi connectivity index (χ1) is 12.4. The fourth-order valence-electron chi connectivity index (χ4n) is 2.23. The Kier molecular flexibility index (Phi) is 5.33. The molecule has 0 saturated carbocycles. The molecule has 0 aliphatic rings. The molecular weight excluding hydrogens is 439 g/mol. The van der Waals surface area contributed by atoms with Crippen LogP contribution >= 0.6 is 27.5 Å². The number of hydrogen-bond acceptors (Lipinski definition) is 3. The van der Waals surface area contributed by atoms with Gasteiger partial charge >= 0.3 is 6.55 Å². The molecule has 0 radical (unpaired) electrons. The molecule has 0 aliphatic carbocycles. The van der Waals surface area contributed by atoms with Crippen LogP contribution in [0.2, 0.25) is 5.02 Å². The lowest BCUT2D eigenvalue weighted by molar-refractivity contribution is 0.0520. The second kappa shape index (κ2) is 7.50. The van der Waals surface area contributed by atoms with E-state index in [1.54, 1.807) is 6.07 Å². The number of carbonyl (C=O) groups is 1. The number of rotatable bonds is 5. The zero-order valence-electron chi connectivity index (χ0n) is 12.8. The van der Waals surface area contributed by atoms with Crippen LogP contribution in [0.1, 0.15) is 22.6 Å². The highest BCUT2D eigenvalue weighted by Gasteiger charge is 2.20. The predicted molar refractivity (Wildman–Crippen MR) is 91.9 cm³/mol. The number of nitrogens with zero attached hydrogens (tertiary/aromatic N) is 4. The van der Waals surface area contributed by atoms with E-state index in [2.05, 4.69) is 31.4 Å². The van der Waals surface area contributed by atoms with Crippen molar-refractivity contribution in [3.8, 4) is 0 Å². The molecule has 1 aromatic carbocycles. The Hall–Kier alpha value is -2.33. The molecule has 0 unspecified atom stereocenters. The Morgan fingerprint density at radius 1 is 1.35 bits per heavy atom. The van der Waals surface area contributed by atoms with Gasteiger partial charge in [-0.15, -0.1) is 0 Å². The highest BCUT2D eigenvalue weighted by molar-refractivity contribution is 9.10. The van der Waals surface area contributed by atoms with E-state index in [4.69, 9.17) is 11.6 Å².